The van der Waals surface area contributed by atoms with Gasteiger partial charge in [0.15, 0.2) is 0 Å². The Labute approximate surface area is 176 Å². The van der Waals surface area contributed by atoms with Crippen molar-refractivity contribution in [3.8, 4) is 5.75 Å². The van der Waals surface area contributed by atoms with Crippen LogP contribution in [0, 0.1) is 17.0 Å². The van der Waals surface area contributed by atoms with Crippen LogP contribution >= 0.6 is 33.2 Å². The number of hydrogen-bond acceptors (Lipinski definition) is 8. The number of aryl methyl sites for hydroxylation is 1. The summed E-state index contributed by atoms with van der Waals surface area (Å²) in [6, 6.07) is 2.87. The second-order valence-corrected chi connectivity index (χ2v) is 8.76. The van der Waals surface area contributed by atoms with Gasteiger partial charge in [0.2, 0.25) is 6.10 Å². The molecular formula is C16H15ClF3NO6S2. The average Bonchev–Trinajstić information content (AvgIpc) is 2.61. The summed E-state index contributed by atoms with van der Waals surface area (Å²) in [4.78, 5) is 26.3. The highest BCUT2D eigenvalue weighted by Crippen LogP contribution is 2.40. The molecular weight excluding hydrogens is 459 g/mol. The van der Waals surface area contributed by atoms with Crippen LogP contribution in [-0.4, -0.2) is 48.1 Å². The summed E-state index contributed by atoms with van der Waals surface area (Å²) in [5.74, 6) is -0.526. The number of carbonyl (C=O) groups excluding carboxylic acids is 1. The zero-order valence-corrected chi connectivity index (χ0v) is 17.3. The van der Waals surface area contributed by atoms with Gasteiger partial charge in [-0.1, -0.05) is 33.2 Å². The minimum absolute atomic E-state index is 0.0113. The molecule has 0 fully saturated rings. The maximum Gasteiger partial charge on any atom is 0.430 e. The first-order chi connectivity index (χ1) is 13.6. The maximum absolute atomic E-state index is 13.4. The molecule has 0 radical (unpaired) electrons. The zero-order valence-electron chi connectivity index (χ0n) is 14.9. The second kappa shape index (κ2) is 10.3. The van der Waals surface area contributed by atoms with E-state index in [-0.39, 0.29) is 30.3 Å². The van der Waals surface area contributed by atoms with E-state index in [1.54, 1.807) is 6.92 Å². The monoisotopic (exact) mass is 473 g/mol. The van der Waals surface area contributed by atoms with E-state index >= 15 is 0 Å². The van der Waals surface area contributed by atoms with Crippen LogP contribution in [0.3, 0.4) is 0 Å². The second-order valence-electron chi connectivity index (χ2n) is 5.62. The highest BCUT2D eigenvalue weighted by Gasteiger charge is 2.49. The summed E-state index contributed by atoms with van der Waals surface area (Å²) in [5, 5.41) is 9.37. The standard InChI is InChI=1S/C16H15ClF3NO6S2/c1-9-6-11(17)7-10-8-12(14(16(18,19)20)27-13(9)10)15(22)25-2-4-28-29-5-3-26-21(23)24/h6-8,14H,2-5H2,1H3/t14-/m0/s1. The zero-order chi connectivity index (χ0) is 21.6. The molecule has 2 rings (SSSR count). The third-order valence-corrected chi connectivity index (χ3v) is 6.03. The van der Waals surface area contributed by atoms with Crippen molar-refractivity contribution in [1.82, 2.24) is 0 Å². The molecule has 1 heterocycles. The summed E-state index contributed by atoms with van der Waals surface area (Å²) in [5.41, 5.74) is 0.0155. The van der Waals surface area contributed by atoms with Crippen LogP contribution in [0.4, 0.5) is 13.2 Å². The van der Waals surface area contributed by atoms with Crippen molar-refractivity contribution in [2.24, 2.45) is 0 Å². The lowest BCUT2D eigenvalue weighted by Crippen LogP contribution is -2.41. The molecule has 1 aromatic rings. The molecule has 0 spiro atoms. The number of alkyl halides is 3. The Hall–Kier alpha value is -1.79. The molecule has 1 aromatic carbocycles. The predicted molar refractivity (Wildman–Crippen MR) is 103 cm³/mol. The van der Waals surface area contributed by atoms with E-state index in [0.717, 1.165) is 6.08 Å². The highest BCUT2D eigenvalue weighted by molar-refractivity contribution is 8.76. The Morgan fingerprint density at radius 1 is 1.31 bits per heavy atom. The molecule has 0 saturated heterocycles. The SMILES string of the molecule is Cc1cc(Cl)cc2c1O[C@H](C(F)(F)F)C(C(=O)OCCSSCCO[N+](=O)[O-])=C2. The summed E-state index contributed by atoms with van der Waals surface area (Å²) in [6.45, 7) is 1.32. The minimum atomic E-state index is -4.81. The van der Waals surface area contributed by atoms with E-state index in [4.69, 9.17) is 21.1 Å². The summed E-state index contributed by atoms with van der Waals surface area (Å²) in [6.07, 6.45) is -6.17. The van der Waals surface area contributed by atoms with Gasteiger partial charge in [0.25, 0.3) is 5.09 Å². The maximum atomic E-state index is 13.4. The van der Waals surface area contributed by atoms with Crippen LogP contribution in [-0.2, 0) is 14.4 Å². The first kappa shape index (κ1) is 23.5. The average molecular weight is 474 g/mol. The van der Waals surface area contributed by atoms with Gasteiger partial charge in [-0.05, 0) is 30.7 Å². The fourth-order valence-electron chi connectivity index (χ4n) is 2.37. The Kier molecular flexibility index (Phi) is 8.34. The minimum Gasteiger partial charge on any atom is -0.475 e. The third-order valence-electron chi connectivity index (χ3n) is 3.48. The summed E-state index contributed by atoms with van der Waals surface area (Å²) in [7, 11) is 2.48. The van der Waals surface area contributed by atoms with Crippen molar-refractivity contribution in [1.29, 1.82) is 0 Å². The van der Waals surface area contributed by atoms with Crippen molar-refractivity contribution in [2.45, 2.75) is 19.2 Å². The molecule has 0 aliphatic carbocycles. The van der Waals surface area contributed by atoms with Gasteiger partial charge in [-0.3, -0.25) is 0 Å². The van der Waals surface area contributed by atoms with Gasteiger partial charge in [-0.15, -0.1) is 10.1 Å². The van der Waals surface area contributed by atoms with Gasteiger partial charge in [-0.2, -0.15) is 13.2 Å². The fourth-order valence-corrected chi connectivity index (χ4v) is 4.30. The first-order valence-corrected chi connectivity index (χ1v) is 10.9. The van der Waals surface area contributed by atoms with Crippen molar-refractivity contribution in [2.75, 3.05) is 24.7 Å². The van der Waals surface area contributed by atoms with Crippen LogP contribution in [0.25, 0.3) is 6.08 Å². The van der Waals surface area contributed by atoms with Gasteiger partial charge in [0, 0.05) is 22.1 Å². The molecule has 0 bridgehead atoms. The molecule has 1 aliphatic heterocycles. The Bertz CT molecular complexity index is 806. The molecule has 1 aliphatic rings. The normalized spacial score (nSPS) is 15.8. The molecule has 0 N–H and O–H groups in total. The molecule has 13 heteroatoms. The number of esters is 1. The molecule has 160 valence electrons. The number of benzene rings is 1. The topological polar surface area (TPSA) is 87.9 Å². The van der Waals surface area contributed by atoms with Gasteiger partial charge >= 0.3 is 12.1 Å². The molecule has 1 atom stereocenters. The molecule has 0 saturated carbocycles. The van der Waals surface area contributed by atoms with Crippen LogP contribution in [0.1, 0.15) is 11.1 Å². The van der Waals surface area contributed by atoms with E-state index < -0.39 is 28.9 Å². The highest BCUT2D eigenvalue weighted by atomic mass is 35.5. The number of halogens is 4. The quantitative estimate of drug-likeness (QED) is 0.170. The number of nitrogens with zero attached hydrogens (tertiary/aromatic N) is 1. The molecule has 29 heavy (non-hydrogen) atoms. The van der Waals surface area contributed by atoms with Crippen LogP contribution in [0.2, 0.25) is 5.02 Å². The number of fused-ring (bicyclic) bond motifs is 1. The smallest absolute Gasteiger partial charge is 0.430 e. The lowest BCUT2D eigenvalue weighted by Gasteiger charge is -2.29. The fraction of sp³-hybridized carbons (Fsp3) is 0.438. The molecule has 0 unspecified atom stereocenters. The van der Waals surface area contributed by atoms with Gasteiger partial charge in [0.1, 0.15) is 19.0 Å². The predicted octanol–water partition coefficient (Wildman–Crippen LogP) is 4.49. The van der Waals surface area contributed by atoms with Crippen molar-refractivity contribution in [3.05, 3.63) is 44.0 Å². The van der Waals surface area contributed by atoms with E-state index in [0.29, 0.717) is 16.3 Å². The number of hydrogen-bond donors (Lipinski definition) is 0. The lowest BCUT2D eigenvalue weighted by atomic mass is 9.99. The Morgan fingerprint density at radius 3 is 2.59 bits per heavy atom. The van der Waals surface area contributed by atoms with Gasteiger partial charge in [-0.25, -0.2) is 4.79 Å². The molecule has 0 aromatic heterocycles. The van der Waals surface area contributed by atoms with Crippen molar-refractivity contribution >= 4 is 45.2 Å². The van der Waals surface area contributed by atoms with E-state index in [9.17, 15) is 28.1 Å². The van der Waals surface area contributed by atoms with Crippen LogP contribution in [0.5, 0.6) is 5.75 Å². The van der Waals surface area contributed by atoms with E-state index in [1.807, 2.05) is 0 Å². The summed E-state index contributed by atoms with van der Waals surface area (Å²) >= 11 is 5.93. The lowest BCUT2D eigenvalue weighted by molar-refractivity contribution is -0.756. The number of ether oxygens (including phenoxy) is 2. The molecule has 7 nitrogen and oxygen atoms in total. The van der Waals surface area contributed by atoms with Crippen LogP contribution in [0.15, 0.2) is 17.7 Å². The first-order valence-electron chi connectivity index (χ1n) is 8.03. The van der Waals surface area contributed by atoms with Crippen molar-refractivity contribution < 1.29 is 37.4 Å². The van der Waals surface area contributed by atoms with Gasteiger partial charge in [0.05, 0.1) is 5.57 Å². The van der Waals surface area contributed by atoms with Crippen molar-refractivity contribution in [3.63, 3.8) is 0 Å². The van der Waals surface area contributed by atoms with E-state index in [2.05, 4.69) is 4.84 Å². The Morgan fingerprint density at radius 2 is 1.97 bits per heavy atom. The van der Waals surface area contributed by atoms with Crippen LogP contribution < -0.4 is 4.74 Å². The Balaban J connectivity index is 1.97. The van der Waals surface area contributed by atoms with E-state index in [1.165, 1.54) is 33.7 Å². The van der Waals surface area contributed by atoms with Gasteiger partial charge < -0.3 is 14.3 Å². The largest absolute Gasteiger partial charge is 0.475 e. The molecule has 0 amide bonds. The summed E-state index contributed by atoms with van der Waals surface area (Å²) < 4.78 is 50.2. The number of rotatable bonds is 9. The third kappa shape index (κ3) is 6.89. The number of carbonyl (C=O) groups is 1.